The molecule has 0 atom stereocenters. The molecule has 1 fully saturated rings. The number of nitrogens with one attached hydrogen (secondary N) is 1. The van der Waals surface area contributed by atoms with Crippen LogP contribution in [-0.2, 0) is 4.79 Å². The summed E-state index contributed by atoms with van der Waals surface area (Å²) in [6.45, 7) is 3.45. The Morgan fingerprint density at radius 3 is 2.60 bits per heavy atom. The zero-order valence-electron chi connectivity index (χ0n) is 18.4. The SMILES string of the molecule is C=CC(=O)NC1CC(n2c(=O)n(-c3ccc(Oc4ccc(F)cc4F)cc3)c3c(N)nccc32)C1. The van der Waals surface area contributed by atoms with E-state index in [0.29, 0.717) is 35.3 Å². The summed E-state index contributed by atoms with van der Waals surface area (Å²) < 4.78 is 35.7. The van der Waals surface area contributed by atoms with E-state index in [9.17, 15) is 18.4 Å². The smallest absolute Gasteiger partial charge is 0.334 e. The summed E-state index contributed by atoms with van der Waals surface area (Å²) in [5, 5.41) is 2.84. The number of hydrogen-bond donors (Lipinski definition) is 2. The molecule has 0 bridgehead atoms. The van der Waals surface area contributed by atoms with E-state index < -0.39 is 11.6 Å². The Hall–Kier alpha value is -4.47. The fraction of sp³-hybridized carbons (Fsp3) is 0.160. The molecule has 0 aliphatic heterocycles. The maximum absolute atomic E-state index is 13.9. The lowest BCUT2D eigenvalue weighted by atomic mass is 9.86. The highest BCUT2D eigenvalue weighted by atomic mass is 19.1. The van der Waals surface area contributed by atoms with E-state index in [1.165, 1.54) is 16.7 Å². The first-order valence-corrected chi connectivity index (χ1v) is 10.9. The van der Waals surface area contributed by atoms with Crippen LogP contribution in [0.3, 0.4) is 0 Å². The number of nitrogens with two attached hydrogens (primary N) is 1. The third-order valence-corrected chi connectivity index (χ3v) is 6.04. The number of aromatic nitrogens is 3. The molecule has 0 spiro atoms. The Bertz CT molecular complexity index is 1500. The van der Waals surface area contributed by atoms with Crippen molar-refractivity contribution in [2.24, 2.45) is 0 Å². The molecule has 1 aliphatic carbocycles. The van der Waals surface area contributed by atoms with Gasteiger partial charge in [-0.25, -0.2) is 18.6 Å². The summed E-state index contributed by atoms with van der Waals surface area (Å²) in [6.07, 6.45) is 3.95. The van der Waals surface area contributed by atoms with Crippen LogP contribution in [0.1, 0.15) is 18.9 Å². The minimum absolute atomic E-state index is 0.0433. The molecule has 1 aliphatic rings. The van der Waals surface area contributed by atoms with Crippen molar-refractivity contribution in [1.29, 1.82) is 0 Å². The Kier molecular flexibility index (Phi) is 5.56. The highest BCUT2D eigenvalue weighted by molar-refractivity contribution is 5.88. The monoisotopic (exact) mass is 477 g/mol. The molecule has 3 N–H and O–H groups in total. The number of benzene rings is 2. The molecule has 0 radical (unpaired) electrons. The molecule has 178 valence electrons. The molecule has 2 heterocycles. The highest BCUT2D eigenvalue weighted by Gasteiger charge is 2.34. The predicted octanol–water partition coefficient (Wildman–Crippen LogP) is 3.85. The Labute approximate surface area is 198 Å². The summed E-state index contributed by atoms with van der Waals surface area (Å²) >= 11 is 0. The van der Waals surface area contributed by atoms with Crippen LogP contribution in [0.15, 0.2) is 72.2 Å². The van der Waals surface area contributed by atoms with Crippen LogP contribution in [0.5, 0.6) is 11.5 Å². The number of carbonyl (C=O) groups is 1. The van der Waals surface area contributed by atoms with Gasteiger partial charge < -0.3 is 15.8 Å². The van der Waals surface area contributed by atoms with Crippen molar-refractivity contribution in [1.82, 2.24) is 19.4 Å². The molecular formula is C25H21F2N5O3. The minimum Gasteiger partial charge on any atom is -0.454 e. The van der Waals surface area contributed by atoms with Crippen molar-refractivity contribution in [3.05, 3.63) is 89.5 Å². The van der Waals surface area contributed by atoms with Crippen molar-refractivity contribution in [3.63, 3.8) is 0 Å². The minimum atomic E-state index is -0.824. The van der Waals surface area contributed by atoms with Crippen molar-refractivity contribution in [2.75, 3.05) is 5.73 Å². The van der Waals surface area contributed by atoms with Gasteiger partial charge >= 0.3 is 5.69 Å². The molecule has 2 aromatic carbocycles. The van der Waals surface area contributed by atoms with Gasteiger partial charge in [-0.3, -0.25) is 13.9 Å². The molecule has 1 saturated carbocycles. The first kappa shape index (κ1) is 22.3. The van der Waals surface area contributed by atoms with Crippen LogP contribution < -0.4 is 21.5 Å². The van der Waals surface area contributed by atoms with Crippen molar-refractivity contribution in [2.45, 2.75) is 24.9 Å². The van der Waals surface area contributed by atoms with Crippen LogP contribution in [-0.4, -0.2) is 26.1 Å². The molecule has 4 aromatic rings. The maximum atomic E-state index is 13.9. The van der Waals surface area contributed by atoms with Gasteiger partial charge in [0.25, 0.3) is 0 Å². The van der Waals surface area contributed by atoms with Gasteiger partial charge in [-0.2, -0.15) is 0 Å². The molecule has 35 heavy (non-hydrogen) atoms. The summed E-state index contributed by atoms with van der Waals surface area (Å²) in [7, 11) is 0. The maximum Gasteiger partial charge on any atom is 0.334 e. The molecular weight excluding hydrogens is 456 g/mol. The fourth-order valence-corrected chi connectivity index (χ4v) is 4.31. The van der Waals surface area contributed by atoms with Crippen LogP contribution in [0.2, 0.25) is 0 Å². The summed E-state index contributed by atoms with van der Waals surface area (Å²) in [6, 6.07) is 11.0. The lowest BCUT2D eigenvalue weighted by Gasteiger charge is -2.36. The number of amides is 1. The second-order valence-electron chi connectivity index (χ2n) is 8.26. The lowest BCUT2D eigenvalue weighted by Crippen LogP contribution is -2.46. The zero-order valence-corrected chi connectivity index (χ0v) is 18.4. The molecule has 5 rings (SSSR count). The standard InChI is InChI=1S/C25H21F2N5O3/c1-2-22(33)30-15-12-17(13-15)31-20-9-10-29-24(28)23(20)32(25(31)34)16-4-6-18(7-5-16)35-21-8-3-14(26)11-19(21)27/h2-11,15,17H,1,12-13H2,(H2,28,29)(H,30,33). The number of nitrogen functional groups attached to an aromatic ring is 1. The van der Waals surface area contributed by atoms with E-state index in [1.54, 1.807) is 41.1 Å². The van der Waals surface area contributed by atoms with E-state index in [4.69, 9.17) is 10.5 Å². The molecule has 8 nitrogen and oxygen atoms in total. The summed E-state index contributed by atoms with van der Waals surface area (Å²) in [4.78, 5) is 29.3. The lowest BCUT2D eigenvalue weighted by molar-refractivity contribution is -0.117. The average Bonchev–Trinajstić information content (AvgIpc) is 3.11. The molecule has 2 aromatic heterocycles. The van der Waals surface area contributed by atoms with Gasteiger partial charge in [0, 0.05) is 24.3 Å². The van der Waals surface area contributed by atoms with Gasteiger partial charge in [-0.15, -0.1) is 0 Å². The number of pyridine rings is 1. The number of nitrogens with zero attached hydrogens (tertiary/aromatic N) is 3. The van der Waals surface area contributed by atoms with Crippen molar-refractivity contribution >= 4 is 22.8 Å². The van der Waals surface area contributed by atoms with Gasteiger partial charge in [-0.1, -0.05) is 6.58 Å². The third-order valence-electron chi connectivity index (χ3n) is 6.04. The van der Waals surface area contributed by atoms with Gasteiger partial charge in [0.15, 0.2) is 11.6 Å². The number of fused-ring (bicyclic) bond motifs is 1. The topological polar surface area (TPSA) is 104 Å². The summed E-state index contributed by atoms with van der Waals surface area (Å²) in [5.41, 5.74) is 7.48. The van der Waals surface area contributed by atoms with Crippen LogP contribution >= 0.6 is 0 Å². The van der Waals surface area contributed by atoms with E-state index in [-0.39, 0.29) is 35.2 Å². The van der Waals surface area contributed by atoms with Crippen molar-refractivity contribution < 1.29 is 18.3 Å². The van der Waals surface area contributed by atoms with Crippen molar-refractivity contribution in [3.8, 4) is 17.2 Å². The molecule has 1 amide bonds. The van der Waals surface area contributed by atoms with Crippen LogP contribution in [0, 0.1) is 11.6 Å². The second kappa shape index (κ2) is 8.71. The first-order chi connectivity index (χ1) is 16.9. The van der Waals surface area contributed by atoms with E-state index in [1.807, 2.05) is 0 Å². The van der Waals surface area contributed by atoms with Gasteiger partial charge in [-0.05, 0) is 61.4 Å². The number of halogens is 2. The third kappa shape index (κ3) is 4.03. The Morgan fingerprint density at radius 2 is 1.91 bits per heavy atom. The Morgan fingerprint density at radius 1 is 1.17 bits per heavy atom. The molecule has 10 heteroatoms. The second-order valence-corrected chi connectivity index (χ2v) is 8.26. The van der Waals surface area contributed by atoms with Crippen LogP contribution in [0.4, 0.5) is 14.6 Å². The number of rotatable bonds is 6. The molecule has 0 unspecified atom stereocenters. The van der Waals surface area contributed by atoms with Crippen LogP contribution in [0.25, 0.3) is 16.7 Å². The van der Waals surface area contributed by atoms with Gasteiger partial charge in [0.05, 0.1) is 11.2 Å². The van der Waals surface area contributed by atoms with E-state index >= 15 is 0 Å². The number of anilines is 1. The van der Waals surface area contributed by atoms with Gasteiger partial charge in [0.1, 0.15) is 22.9 Å². The quantitative estimate of drug-likeness (QED) is 0.411. The Balaban J connectivity index is 1.48. The zero-order chi connectivity index (χ0) is 24.7. The number of ether oxygens (including phenoxy) is 1. The number of hydrogen-bond acceptors (Lipinski definition) is 5. The average molecular weight is 477 g/mol. The summed E-state index contributed by atoms with van der Waals surface area (Å²) in [5.74, 6) is -1.39. The largest absolute Gasteiger partial charge is 0.454 e. The van der Waals surface area contributed by atoms with Gasteiger partial charge in [0.2, 0.25) is 5.91 Å². The van der Waals surface area contributed by atoms with E-state index in [0.717, 1.165) is 12.1 Å². The molecule has 0 saturated heterocycles. The first-order valence-electron chi connectivity index (χ1n) is 10.9. The number of carbonyl (C=O) groups excluding carboxylic acids is 1. The van der Waals surface area contributed by atoms with E-state index in [2.05, 4.69) is 16.9 Å². The predicted molar refractivity (Wildman–Crippen MR) is 127 cm³/mol. The normalized spacial score (nSPS) is 17.1. The number of imidazole rings is 1. The fourth-order valence-electron chi connectivity index (χ4n) is 4.31. The highest BCUT2D eigenvalue weighted by Crippen LogP contribution is 2.35.